The van der Waals surface area contributed by atoms with Gasteiger partial charge in [0.25, 0.3) is 0 Å². The quantitative estimate of drug-likeness (QED) is 0.672. The van der Waals surface area contributed by atoms with E-state index in [1.165, 1.54) is 4.31 Å². The molecule has 0 bridgehead atoms. The van der Waals surface area contributed by atoms with E-state index in [1.54, 1.807) is 44.6 Å². The summed E-state index contributed by atoms with van der Waals surface area (Å²) in [6, 6.07) is 13.9. The molecule has 2 aromatic carbocycles. The van der Waals surface area contributed by atoms with Crippen LogP contribution in [0.4, 0.5) is 0 Å². The van der Waals surface area contributed by atoms with Crippen molar-refractivity contribution in [1.82, 2.24) is 9.62 Å². The molecule has 8 heteroatoms. The van der Waals surface area contributed by atoms with Crippen molar-refractivity contribution in [2.75, 3.05) is 27.3 Å². The second kappa shape index (κ2) is 10.2. The lowest BCUT2D eigenvalue weighted by atomic mass is 9.95. The molecule has 0 radical (unpaired) electrons. The van der Waals surface area contributed by atoms with Crippen molar-refractivity contribution in [3.63, 3.8) is 0 Å². The number of benzene rings is 2. The molecule has 1 fully saturated rings. The zero-order valence-corrected chi connectivity index (χ0v) is 19.0. The Morgan fingerprint density at radius 2 is 1.71 bits per heavy atom. The molecule has 1 heterocycles. The van der Waals surface area contributed by atoms with Gasteiger partial charge < -0.3 is 14.8 Å². The monoisotopic (exact) mass is 446 g/mol. The van der Waals surface area contributed by atoms with Crippen LogP contribution in [0.2, 0.25) is 0 Å². The summed E-state index contributed by atoms with van der Waals surface area (Å²) in [7, 11) is -0.354. The maximum atomic E-state index is 12.9. The summed E-state index contributed by atoms with van der Waals surface area (Å²) in [5, 5.41) is 3.12. The highest BCUT2D eigenvalue weighted by atomic mass is 32.2. The fourth-order valence-electron chi connectivity index (χ4n) is 3.88. The van der Waals surface area contributed by atoms with Gasteiger partial charge in [-0.05, 0) is 49.1 Å². The van der Waals surface area contributed by atoms with Gasteiger partial charge in [-0.3, -0.25) is 4.79 Å². The number of carbonyl (C=O) groups is 1. The van der Waals surface area contributed by atoms with Crippen molar-refractivity contribution in [2.45, 2.75) is 37.1 Å². The number of amides is 1. The van der Waals surface area contributed by atoms with Gasteiger partial charge in [0.2, 0.25) is 15.9 Å². The summed E-state index contributed by atoms with van der Waals surface area (Å²) in [6.45, 7) is 2.68. The van der Waals surface area contributed by atoms with E-state index in [0.29, 0.717) is 37.4 Å². The Kier molecular flexibility index (Phi) is 7.56. The van der Waals surface area contributed by atoms with Gasteiger partial charge >= 0.3 is 0 Å². The number of hydrogen-bond donors (Lipinski definition) is 1. The molecule has 3 rings (SSSR count). The summed E-state index contributed by atoms with van der Waals surface area (Å²) in [6.07, 6.45) is 1.73. The first kappa shape index (κ1) is 23.1. The number of rotatable bonds is 8. The SMILES string of the molecule is CC[C@H](NC(=O)C1CCN(S(=O)(=O)c2ccccc2)CC1)c1ccc(OC)c(OC)c1. The Bertz CT molecular complexity index is 986. The molecule has 0 spiro atoms. The van der Waals surface area contributed by atoms with Crippen LogP contribution in [0.15, 0.2) is 53.4 Å². The normalized spacial score (nSPS) is 16.5. The molecule has 31 heavy (non-hydrogen) atoms. The van der Waals surface area contributed by atoms with Crippen LogP contribution in [0.3, 0.4) is 0 Å². The average molecular weight is 447 g/mol. The molecule has 1 aliphatic rings. The smallest absolute Gasteiger partial charge is 0.243 e. The van der Waals surface area contributed by atoms with E-state index in [-0.39, 0.29) is 22.8 Å². The van der Waals surface area contributed by atoms with Gasteiger partial charge in [0.05, 0.1) is 25.2 Å². The van der Waals surface area contributed by atoms with Gasteiger partial charge in [-0.2, -0.15) is 4.31 Å². The van der Waals surface area contributed by atoms with E-state index < -0.39 is 10.0 Å². The van der Waals surface area contributed by atoms with Crippen molar-refractivity contribution in [2.24, 2.45) is 5.92 Å². The summed E-state index contributed by atoms with van der Waals surface area (Å²) in [4.78, 5) is 13.2. The number of carbonyl (C=O) groups excluding carboxylic acids is 1. The van der Waals surface area contributed by atoms with Crippen molar-refractivity contribution >= 4 is 15.9 Å². The van der Waals surface area contributed by atoms with E-state index in [1.807, 2.05) is 25.1 Å². The first-order valence-electron chi connectivity index (χ1n) is 10.5. The van der Waals surface area contributed by atoms with E-state index in [4.69, 9.17) is 9.47 Å². The molecule has 1 saturated heterocycles. The number of piperidine rings is 1. The van der Waals surface area contributed by atoms with E-state index in [2.05, 4.69) is 5.32 Å². The van der Waals surface area contributed by atoms with E-state index in [9.17, 15) is 13.2 Å². The Hall–Kier alpha value is -2.58. The van der Waals surface area contributed by atoms with Crippen LogP contribution in [0.25, 0.3) is 0 Å². The second-order valence-electron chi connectivity index (χ2n) is 7.58. The van der Waals surface area contributed by atoms with Crippen LogP contribution in [0.1, 0.15) is 37.8 Å². The van der Waals surface area contributed by atoms with Gasteiger partial charge in [0, 0.05) is 19.0 Å². The van der Waals surface area contributed by atoms with Gasteiger partial charge in [0.15, 0.2) is 11.5 Å². The lowest BCUT2D eigenvalue weighted by Crippen LogP contribution is -2.43. The molecular weight excluding hydrogens is 416 g/mol. The molecule has 0 aliphatic carbocycles. The first-order chi connectivity index (χ1) is 14.9. The first-order valence-corrected chi connectivity index (χ1v) is 11.9. The highest BCUT2D eigenvalue weighted by Crippen LogP contribution is 2.31. The van der Waals surface area contributed by atoms with Gasteiger partial charge in [0.1, 0.15) is 0 Å². The number of ether oxygens (including phenoxy) is 2. The fraction of sp³-hybridized carbons (Fsp3) is 0.435. The third-order valence-corrected chi connectivity index (χ3v) is 7.65. The average Bonchev–Trinajstić information content (AvgIpc) is 2.82. The Morgan fingerprint density at radius 3 is 2.29 bits per heavy atom. The zero-order valence-electron chi connectivity index (χ0n) is 18.2. The molecule has 7 nitrogen and oxygen atoms in total. The predicted octanol–water partition coefficient (Wildman–Crippen LogP) is 3.37. The molecule has 1 aliphatic heterocycles. The molecule has 1 N–H and O–H groups in total. The van der Waals surface area contributed by atoms with Crippen molar-refractivity contribution in [3.8, 4) is 11.5 Å². The van der Waals surface area contributed by atoms with Crippen LogP contribution in [-0.2, 0) is 14.8 Å². The maximum absolute atomic E-state index is 12.9. The van der Waals surface area contributed by atoms with Crippen LogP contribution in [0, 0.1) is 5.92 Å². The highest BCUT2D eigenvalue weighted by Gasteiger charge is 2.32. The standard InChI is InChI=1S/C23H30N2O5S/c1-4-20(18-10-11-21(29-2)22(16-18)30-3)24-23(26)17-12-14-25(15-13-17)31(27,28)19-8-6-5-7-9-19/h5-11,16-17,20H,4,12-15H2,1-3H3,(H,24,26)/t20-/m0/s1. The summed E-state index contributed by atoms with van der Waals surface area (Å²) in [5.74, 6) is 1.00. The van der Waals surface area contributed by atoms with Crippen LogP contribution in [0.5, 0.6) is 11.5 Å². The number of methoxy groups -OCH3 is 2. The lowest BCUT2D eigenvalue weighted by Gasteiger charge is -2.31. The zero-order chi connectivity index (χ0) is 22.4. The third kappa shape index (κ3) is 5.19. The summed E-state index contributed by atoms with van der Waals surface area (Å²) in [5.41, 5.74) is 0.942. The van der Waals surface area contributed by atoms with E-state index in [0.717, 1.165) is 12.0 Å². The minimum Gasteiger partial charge on any atom is -0.493 e. The summed E-state index contributed by atoms with van der Waals surface area (Å²) >= 11 is 0. The van der Waals surface area contributed by atoms with Gasteiger partial charge in [-0.15, -0.1) is 0 Å². The van der Waals surface area contributed by atoms with Crippen LogP contribution >= 0.6 is 0 Å². The molecule has 2 aromatic rings. The molecular formula is C23H30N2O5S. The third-order valence-electron chi connectivity index (χ3n) is 5.74. The largest absolute Gasteiger partial charge is 0.493 e. The minimum absolute atomic E-state index is 0.0432. The molecule has 0 unspecified atom stereocenters. The minimum atomic E-state index is -3.52. The summed E-state index contributed by atoms with van der Waals surface area (Å²) < 4.78 is 37.7. The van der Waals surface area contributed by atoms with E-state index >= 15 is 0 Å². The van der Waals surface area contributed by atoms with Crippen molar-refractivity contribution < 1.29 is 22.7 Å². The Labute approximate surface area is 184 Å². The topological polar surface area (TPSA) is 84.9 Å². The van der Waals surface area contributed by atoms with Gasteiger partial charge in [-0.25, -0.2) is 8.42 Å². The molecule has 0 aromatic heterocycles. The lowest BCUT2D eigenvalue weighted by molar-refractivity contribution is -0.126. The fourth-order valence-corrected chi connectivity index (χ4v) is 5.37. The Morgan fingerprint density at radius 1 is 1.06 bits per heavy atom. The molecule has 168 valence electrons. The molecule has 1 atom stereocenters. The van der Waals surface area contributed by atoms with Crippen LogP contribution < -0.4 is 14.8 Å². The molecule has 0 saturated carbocycles. The van der Waals surface area contributed by atoms with Crippen molar-refractivity contribution in [1.29, 1.82) is 0 Å². The van der Waals surface area contributed by atoms with Crippen LogP contribution in [-0.4, -0.2) is 45.9 Å². The maximum Gasteiger partial charge on any atom is 0.243 e. The predicted molar refractivity (Wildman–Crippen MR) is 119 cm³/mol. The second-order valence-corrected chi connectivity index (χ2v) is 9.51. The Balaban J connectivity index is 1.63. The number of hydrogen-bond acceptors (Lipinski definition) is 5. The molecule has 1 amide bonds. The number of nitrogens with zero attached hydrogens (tertiary/aromatic N) is 1. The number of sulfonamides is 1. The number of nitrogens with one attached hydrogen (secondary N) is 1. The van der Waals surface area contributed by atoms with Gasteiger partial charge in [-0.1, -0.05) is 31.2 Å². The van der Waals surface area contributed by atoms with Crippen molar-refractivity contribution in [3.05, 3.63) is 54.1 Å². The highest BCUT2D eigenvalue weighted by molar-refractivity contribution is 7.89.